The van der Waals surface area contributed by atoms with E-state index in [2.05, 4.69) is 52.3 Å². The molecule has 1 aliphatic rings. The van der Waals surface area contributed by atoms with Crippen molar-refractivity contribution in [3.63, 3.8) is 0 Å². The molecule has 6 aromatic carbocycles. The van der Waals surface area contributed by atoms with E-state index in [-0.39, 0.29) is 31.4 Å². The monoisotopic (exact) mass is 891 g/mol. The van der Waals surface area contributed by atoms with Gasteiger partial charge < -0.3 is 30.0 Å². The highest BCUT2D eigenvalue weighted by Gasteiger charge is 2.39. The summed E-state index contributed by atoms with van der Waals surface area (Å²) in [5, 5.41) is 20.0. The topological polar surface area (TPSA) is 135 Å². The third-order valence-corrected chi connectivity index (χ3v) is 13.2. The van der Waals surface area contributed by atoms with Crippen LogP contribution < -0.4 is 20.7 Å². The molecule has 0 aromatic heterocycles. The van der Waals surface area contributed by atoms with Gasteiger partial charge in [-0.3, -0.25) is 14.9 Å². The summed E-state index contributed by atoms with van der Waals surface area (Å²) in [7, 11) is 1.63. The molecule has 0 heterocycles. The second kappa shape index (κ2) is 21.5. The van der Waals surface area contributed by atoms with E-state index in [0.717, 1.165) is 44.5 Å². The summed E-state index contributed by atoms with van der Waals surface area (Å²) in [4.78, 5) is 40.9. The van der Waals surface area contributed by atoms with Crippen molar-refractivity contribution in [3.05, 3.63) is 197 Å². The lowest BCUT2D eigenvalue weighted by Crippen LogP contribution is -2.55. The van der Waals surface area contributed by atoms with Crippen molar-refractivity contribution in [3.8, 4) is 16.9 Å². The largest absolute Gasteiger partial charge is 0.497 e. The summed E-state index contributed by atoms with van der Waals surface area (Å²) >= 11 is 1.53. The zero-order valence-corrected chi connectivity index (χ0v) is 38.1. The van der Waals surface area contributed by atoms with Gasteiger partial charge in [0.1, 0.15) is 24.4 Å². The van der Waals surface area contributed by atoms with Gasteiger partial charge in [-0.25, -0.2) is 4.79 Å². The summed E-state index contributed by atoms with van der Waals surface area (Å²) < 4.78 is 16.6. The van der Waals surface area contributed by atoms with E-state index in [1.165, 1.54) is 11.8 Å². The Hall–Kier alpha value is -6.40. The number of carboxylic acid groups (broad SMARTS) is 1. The van der Waals surface area contributed by atoms with Crippen LogP contribution in [-0.2, 0) is 30.2 Å². The SMILES string of the molecule is COc1ccc(C(SC[C@H](N[C@H](CNC(=O)[C@H](COC(C)(C)C)NC(=O)OCC2c3ccccc3-c3ccccc32)Cc2ccccc2)C(=O)O)(c2ccccc2)c2ccccc2)cc1. The number of fused-ring (bicyclic) bond motifs is 3. The Kier molecular flexibility index (Phi) is 15.4. The highest BCUT2D eigenvalue weighted by Crippen LogP contribution is 2.49. The lowest BCUT2D eigenvalue weighted by Gasteiger charge is -2.36. The normalized spacial score (nSPS) is 13.7. The number of methoxy groups -OCH3 is 1. The Morgan fingerprint density at radius 1 is 0.677 bits per heavy atom. The van der Waals surface area contributed by atoms with Crippen molar-refractivity contribution in [2.24, 2.45) is 0 Å². The van der Waals surface area contributed by atoms with Crippen LogP contribution in [0.3, 0.4) is 0 Å². The number of thioether (sulfide) groups is 1. The Bertz CT molecular complexity index is 2410. The number of hydrogen-bond acceptors (Lipinski definition) is 8. The minimum Gasteiger partial charge on any atom is -0.497 e. The van der Waals surface area contributed by atoms with Crippen LogP contribution >= 0.6 is 11.8 Å². The maximum Gasteiger partial charge on any atom is 0.407 e. The molecule has 65 heavy (non-hydrogen) atoms. The summed E-state index contributed by atoms with van der Waals surface area (Å²) in [5.74, 6) is -0.797. The Morgan fingerprint density at radius 3 is 1.74 bits per heavy atom. The standard InChI is InChI=1S/C54H57N3O7S/c1-53(2,3)64-35-48(57-52(61)63-34-47-45-26-16-14-24-43(45)44-25-15-17-27-46(44)47)50(58)55-33-41(32-37-18-8-5-9-19-37)56-49(51(59)60)36-65-54(38-20-10-6-11-21-38,39-22-12-7-13-23-39)40-28-30-42(62-4)31-29-40/h5-31,41,47-49,56H,32-36H2,1-4H3,(H,55,58)(H,57,61)(H,59,60)/t41-,48-,49-/m0/s1. The molecule has 0 aliphatic heterocycles. The molecule has 0 radical (unpaired) electrons. The zero-order valence-electron chi connectivity index (χ0n) is 37.2. The van der Waals surface area contributed by atoms with Gasteiger partial charge in [-0.2, -0.15) is 0 Å². The van der Waals surface area contributed by atoms with Gasteiger partial charge in [0.05, 0.1) is 24.1 Å². The molecule has 1 aliphatic carbocycles. The first-order chi connectivity index (χ1) is 31.4. The van der Waals surface area contributed by atoms with E-state index < -0.39 is 46.4 Å². The van der Waals surface area contributed by atoms with Crippen molar-refractivity contribution >= 4 is 29.7 Å². The second-order valence-corrected chi connectivity index (χ2v) is 18.3. The molecule has 0 unspecified atom stereocenters. The lowest BCUT2D eigenvalue weighted by atomic mass is 9.84. The Labute approximate surface area is 386 Å². The van der Waals surface area contributed by atoms with Gasteiger partial charge in [0.25, 0.3) is 0 Å². The van der Waals surface area contributed by atoms with Gasteiger partial charge in [-0.05, 0) is 83.8 Å². The molecule has 3 atom stereocenters. The number of alkyl carbamates (subject to hydrolysis) is 1. The molecule has 10 nitrogen and oxygen atoms in total. The van der Waals surface area contributed by atoms with E-state index in [0.29, 0.717) is 12.2 Å². The van der Waals surface area contributed by atoms with Crippen molar-refractivity contribution in [1.29, 1.82) is 0 Å². The van der Waals surface area contributed by atoms with E-state index in [9.17, 15) is 19.5 Å². The van der Waals surface area contributed by atoms with Crippen LogP contribution in [0.15, 0.2) is 164 Å². The molecule has 336 valence electrons. The molecule has 11 heteroatoms. The van der Waals surface area contributed by atoms with Gasteiger partial charge in [0, 0.05) is 24.3 Å². The number of amides is 2. The number of nitrogens with one attached hydrogen (secondary N) is 3. The minimum absolute atomic E-state index is 0.0571. The van der Waals surface area contributed by atoms with Crippen LogP contribution in [0.25, 0.3) is 11.1 Å². The van der Waals surface area contributed by atoms with Gasteiger partial charge in [0.2, 0.25) is 5.91 Å². The smallest absolute Gasteiger partial charge is 0.407 e. The van der Waals surface area contributed by atoms with Crippen LogP contribution in [0.5, 0.6) is 5.75 Å². The predicted octanol–water partition coefficient (Wildman–Crippen LogP) is 9.21. The van der Waals surface area contributed by atoms with Crippen molar-refractivity contribution in [2.45, 2.75) is 61.6 Å². The maximum atomic E-state index is 14.1. The first-order valence-corrected chi connectivity index (χ1v) is 22.9. The van der Waals surface area contributed by atoms with Gasteiger partial charge in [-0.15, -0.1) is 11.8 Å². The molecule has 4 N–H and O–H groups in total. The van der Waals surface area contributed by atoms with Crippen molar-refractivity contribution in [2.75, 3.05) is 32.6 Å². The van der Waals surface area contributed by atoms with Crippen LogP contribution in [0, 0.1) is 0 Å². The minimum atomic E-state index is -1.10. The molecule has 0 saturated heterocycles. The number of hydrogen-bond donors (Lipinski definition) is 4. The van der Waals surface area contributed by atoms with E-state index >= 15 is 0 Å². The number of carboxylic acids is 1. The predicted molar refractivity (Wildman–Crippen MR) is 257 cm³/mol. The van der Waals surface area contributed by atoms with Crippen LogP contribution in [0.1, 0.15) is 60.1 Å². The highest BCUT2D eigenvalue weighted by molar-refractivity contribution is 8.00. The number of ether oxygens (including phenoxy) is 3. The summed E-state index contributed by atoms with van der Waals surface area (Å²) in [6, 6.07) is 51.3. The van der Waals surface area contributed by atoms with E-state index in [1.807, 2.05) is 148 Å². The number of aliphatic carboxylic acids is 1. The van der Waals surface area contributed by atoms with Crippen molar-refractivity contribution < 1.29 is 33.7 Å². The molecule has 0 spiro atoms. The third-order valence-electron chi connectivity index (χ3n) is 11.5. The molecular formula is C54H57N3O7S. The van der Waals surface area contributed by atoms with Crippen LogP contribution in [0.4, 0.5) is 4.79 Å². The zero-order chi connectivity index (χ0) is 45.8. The lowest BCUT2D eigenvalue weighted by molar-refractivity contribution is -0.139. The number of carbonyl (C=O) groups excluding carboxylic acids is 2. The first kappa shape index (κ1) is 46.6. The average molecular weight is 892 g/mol. The first-order valence-electron chi connectivity index (χ1n) is 21.9. The average Bonchev–Trinajstić information content (AvgIpc) is 3.65. The summed E-state index contributed by atoms with van der Waals surface area (Å²) in [5.41, 5.74) is 7.68. The quantitative estimate of drug-likeness (QED) is 0.0554. The fourth-order valence-electron chi connectivity index (χ4n) is 8.34. The fraction of sp³-hybridized carbons (Fsp3) is 0.278. The molecule has 7 rings (SSSR count). The highest BCUT2D eigenvalue weighted by atomic mass is 32.2. The number of carbonyl (C=O) groups is 3. The fourth-order valence-corrected chi connectivity index (χ4v) is 9.90. The Balaban J connectivity index is 1.09. The van der Waals surface area contributed by atoms with Gasteiger partial charge >= 0.3 is 12.1 Å². The molecule has 6 aromatic rings. The maximum absolute atomic E-state index is 14.1. The van der Waals surface area contributed by atoms with Gasteiger partial charge in [-0.1, -0.05) is 152 Å². The Morgan fingerprint density at radius 2 is 1.20 bits per heavy atom. The van der Waals surface area contributed by atoms with Crippen LogP contribution in [0.2, 0.25) is 0 Å². The number of benzene rings is 6. The molecule has 0 bridgehead atoms. The third kappa shape index (κ3) is 11.7. The second-order valence-electron chi connectivity index (χ2n) is 17.1. The molecule has 0 saturated carbocycles. The van der Waals surface area contributed by atoms with E-state index in [4.69, 9.17) is 14.2 Å². The van der Waals surface area contributed by atoms with E-state index in [1.54, 1.807) is 7.11 Å². The van der Waals surface area contributed by atoms with Crippen LogP contribution in [-0.4, -0.2) is 79.4 Å². The molecule has 2 amide bonds. The molecular weight excluding hydrogens is 835 g/mol. The summed E-state index contributed by atoms with van der Waals surface area (Å²) in [6.07, 6.45) is -0.330. The molecule has 0 fully saturated rings. The van der Waals surface area contributed by atoms with Crippen molar-refractivity contribution in [1.82, 2.24) is 16.0 Å². The summed E-state index contributed by atoms with van der Waals surface area (Å²) in [6.45, 7) is 5.65. The van der Waals surface area contributed by atoms with Gasteiger partial charge in [0.15, 0.2) is 0 Å². The number of rotatable bonds is 20.